The molecule has 3 heteroatoms. The van der Waals surface area contributed by atoms with E-state index in [1.807, 2.05) is 13.8 Å². The van der Waals surface area contributed by atoms with Gasteiger partial charge >= 0.3 is 0 Å². The van der Waals surface area contributed by atoms with E-state index in [-0.39, 0.29) is 11.7 Å². The number of benzene rings is 1. The van der Waals surface area contributed by atoms with E-state index in [9.17, 15) is 9.90 Å². The second kappa shape index (κ2) is 3.42. The second-order valence-electron chi connectivity index (χ2n) is 3.68. The number of carbonyl (C=O) groups is 1. The summed E-state index contributed by atoms with van der Waals surface area (Å²) in [6.45, 7) is 3.70. The molecule has 0 amide bonds. The number of rotatable bonds is 1. The lowest BCUT2D eigenvalue weighted by atomic mass is 9.90. The third kappa shape index (κ3) is 1.50. The fourth-order valence-corrected chi connectivity index (χ4v) is 1.74. The van der Waals surface area contributed by atoms with Crippen molar-refractivity contribution in [1.82, 2.24) is 0 Å². The first-order chi connectivity index (χ1) is 7.13. The van der Waals surface area contributed by atoms with Crippen LogP contribution in [0.1, 0.15) is 25.3 Å². The Kier molecular flexibility index (Phi) is 2.23. The maximum Gasteiger partial charge on any atom is 0.134 e. The molecule has 0 saturated heterocycles. The zero-order chi connectivity index (χ0) is 11.0. The molecule has 1 unspecified atom stereocenters. The summed E-state index contributed by atoms with van der Waals surface area (Å²) in [7, 11) is 0. The molecular formula is C12H12O3. The molecule has 78 valence electrons. The summed E-state index contributed by atoms with van der Waals surface area (Å²) in [4.78, 5) is 11.0. The van der Waals surface area contributed by atoms with Crippen LogP contribution in [0.25, 0.3) is 0 Å². The predicted molar refractivity (Wildman–Crippen MR) is 55.9 cm³/mol. The Morgan fingerprint density at radius 2 is 2.13 bits per heavy atom. The first-order valence-corrected chi connectivity index (χ1v) is 4.77. The molecular weight excluding hydrogens is 192 g/mol. The van der Waals surface area contributed by atoms with E-state index in [0.29, 0.717) is 5.75 Å². The van der Waals surface area contributed by atoms with Gasteiger partial charge in [0, 0.05) is 11.6 Å². The maximum atomic E-state index is 11.0. The SMILES string of the molecule is CC1=C(C)C(C=O)c2ccc(O)cc2O1. The third-order valence-corrected chi connectivity index (χ3v) is 2.75. The molecule has 0 aromatic heterocycles. The molecule has 3 nitrogen and oxygen atoms in total. The summed E-state index contributed by atoms with van der Waals surface area (Å²) in [6, 6.07) is 4.81. The van der Waals surface area contributed by atoms with Crippen LogP contribution in [0.15, 0.2) is 29.5 Å². The van der Waals surface area contributed by atoms with E-state index in [1.165, 1.54) is 6.07 Å². The second-order valence-corrected chi connectivity index (χ2v) is 3.68. The van der Waals surface area contributed by atoms with Gasteiger partial charge in [0.25, 0.3) is 0 Å². The average molecular weight is 204 g/mol. The Labute approximate surface area is 88.0 Å². The highest BCUT2D eigenvalue weighted by atomic mass is 16.5. The Morgan fingerprint density at radius 3 is 2.80 bits per heavy atom. The highest BCUT2D eigenvalue weighted by molar-refractivity contribution is 5.71. The number of fused-ring (bicyclic) bond motifs is 1. The number of allylic oxidation sites excluding steroid dienone is 2. The summed E-state index contributed by atoms with van der Waals surface area (Å²) in [5, 5.41) is 9.31. The zero-order valence-electron chi connectivity index (χ0n) is 8.65. The van der Waals surface area contributed by atoms with Gasteiger partial charge in [-0.3, -0.25) is 0 Å². The fourth-order valence-electron chi connectivity index (χ4n) is 1.74. The molecule has 0 fully saturated rings. The van der Waals surface area contributed by atoms with Crippen molar-refractivity contribution >= 4 is 6.29 Å². The molecule has 0 bridgehead atoms. The largest absolute Gasteiger partial charge is 0.508 e. The maximum absolute atomic E-state index is 11.0. The third-order valence-electron chi connectivity index (χ3n) is 2.75. The van der Waals surface area contributed by atoms with Crippen LogP contribution in [-0.4, -0.2) is 11.4 Å². The molecule has 1 atom stereocenters. The van der Waals surface area contributed by atoms with Gasteiger partial charge in [0.05, 0.1) is 5.92 Å². The van der Waals surface area contributed by atoms with Gasteiger partial charge in [-0.15, -0.1) is 0 Å². The fraction of sp³-hybridized carbons (Fsp3) is 0.250. The lowest BCUT2D eigenvalue weighted by Gasteiger charge is -2.24. The van der Waals surface area contributed by atoms with Crippen LogP contribution in [0.2, 0.25) is 0 Å². The van der Waals surface area contributed by atoms with Crippen LogP contribution in [0.4, 0.5) is 0 Å². The molecule has 2 rings (SSSR count). The van der Waals surface area contributed by atoms with Crippen molar-refractivity contribution < 1.29 is 14.6 Å². The Balaban J connectivity index is 2.57. The molecule has 1 aromatic carbocycles. The highest BCUT2D eigenvalue weighted by Gasteiger charge is 2.24. The van der Waals surface area contributed by atoms with Crippen molar-refractivity contribution in [3.63, 3.8) is 0 Å². The van der Waals surface area contributed by atoms with Crippen molar-refractivity contribution in [2.45, 2.75) is 19.8 Å². The number of carbonyl (C=O) groups excluding carboxylic acids is 1. The average Bonchev–Trinajstić information content (AvgIpc) is 2.20. The van der Waals surface area contributed by atoms with Gasteiger partial charge in [0.15, 0.2) is 0 Å². The van der Waals surface area contributed by atoms with E-state index in [2.05, 4.69) is 0 Å². The van der Waals surface area contributed by atoms with Crippen LogP contribution in [0, 0.1) is 0 Å². The number of ether oxygens (including phenoxy) is 1. The summed E-state index contributed by atoms with van der Waals surface area (Å²) in [6.07, 6.45) is 0.900. The Hall–Kier alpha value is -1.77. The van der Waals surface area contributed by atoms with E-state index < -0.39 is 0 Å². The topological polar surface area (TPSA) is 46.5 Å². The van der Waals surface area contributed by atoms with Gasteiger partial charge in [-0.2, -0.15) is 0 Å². The van der Waals surface area contributed by atoms with Gasteiger partial charge in [-0.1, -0.05) is 6.07 Å². The standard InChI is InChI=1S/C12H12O3/c1-7-8(2)15-12-5-9(14)3-4-10(12)11(7)6-13/h3-6,11,14H,1-2H3. The van der Waals surface area contributed by atoms with Crippen molar-refractivity contribution in [3.05, 3.63) is 35.1 Å². The quantitative estimate of drug-likeness (QED) is 0.714. The van der Waals surface area contributed by atoms with E-state index in [0.717, 1.165) is 23.2 Å². The van der Waals surface area contributed by atoms with Gasteiger partial charge < -0.3 is 14.6 Å². The minimum Gasteiger partial charge on any atom is -0.508 e. The number of phenolic OH excluding ortho intramolecular Hbond substituents is 1. The number of phenols is 1. The van der Waals surface area contributed by atoms with Gasteiger partial charge in [-0.05, 0) is 25.5 Å². The van der Waals surface area contributed by atoms with Crippen LogP contribution in [-0.2, 0) is 4.79 Å². The molecule has 15 heavy (non-hydrogen) atoms. The lowest BCUT2D eigenvalue weighted by Crippen LogP contribution is -2.13. The Bertz CT molecular complexity index is 446. The normalized spacial score (nSPS) is 19.5. The lowest BCUT2D eigenvalue weighted by molar-refractivity contribution is -0.108. The minimum atomic E-state index is -0.255. The van der Waals surface area contributed by atoms with Crippen LogP contribution in [0.3, 0.4) is 0 Å². The Morgan fingerprint density at radius 1 is 1.40 bits per heavy atom. The molecule has 0 saturated carbocycles. The summed E-state index contributed by atoms with van der Waals surface area (Å²) in [5.74, 6) is 1.18. The van der Waals surface area contributed by atoms with Crippen molar-refractivity contribution in [3.8, 4) is 11.5 Å². The predicted octanol–water partition coefficient (Wildman–Crippen LogP) is 2.36. The molecule has 1 aliphatic rings. The summed E-state index contributed by atoms with van der Waals surface area (Å²) in [5.41, 5.74) is 1.73. The van der Waals surface area contributed by atoms with Crippen LogP contribution in [0.5, 0.6) is 11.5 Å². The molecule has 1 N–H and O–H groups in total. The van der Waals surface area contributed by atoms with Crippen molar-refractivity contribution in [2.75, 3.05) is 0 Å². The number of aldehydes is 1. The molecule has 1 aliphatic heterocycles. The number of hydrogen-bond acceptors (Lipinski definition) is 3. The van der Waals surface area contributed by atoms with Crippen LogP contribution >= 0.6 is 0 Å². The van der Waals surface area contributed by atoms with Gasteiger partial charge in [0.2, 0.25) is 0 Å². The smallest absolute Gasteiger partial charge is 0.134 e. The molecule has 1 heterocycles. The molecule has 0 spiro atoms. The molecule has 0 radical (unpaired) electrons. The first-order valence-electron chi connectivity index (χ1n) is 4.77. The van der Waals surface area contributed by atoms with Gasteiger partial charge in [0.1, 0.15) is 23.5 Å². The monoisotopic (exact) mass is 204 g/mol. The minimum absolute atomic E-state index is 0.144. The number of aromatic hydroxyl groups is 1. The summed E-state index contributed by atoms with van der Waals surface area (Å²) >= 11 is 0. The summed E-state index contributed by atoms with van der Waals surface area (Å²) < 4.78 is 5.52. The van der Waals surface area contributed by atoms with Crippen LogP contribution < -0.4 is 4.74 Å². The van der Waals surface area contributed by atoms with Gasteiger partial charge in [-0.25, -0.2) is 0 Å². The van der Waals surface area contributed by atoms with E-state index >= 15 is 0 Å². The zero-order valence-corrected chi connectivity index (χ0v) is 8.65. The molecule has 0 aliphatic carbocycles. The van der Waals surface area contributed by atoms with Crippen molar-refractivity contribution in [1.29, 1.82) is 0 Å². The van der Waals surface area contributed by atoms with E-state index in [1.54, 1.807) is 12.1 Å². The van der Waals surface area contributed by atoms with Crippen molar-refractivity contribution in [2.24, 2.45) is 0 Å². The number of hydrogen-bond donors (Lipinski definition) is 1. The van der Waals surface area contributed by atoms with E-state index in [4.69, 9.17) is 4.74 Å². The highest BCUT2D eigenvalue weighted by Crippen LogP contribution is 2.39. The first kappa shape index (κ1) is 9.77. The molecule has 1 aromatic rings.